The van der Waals surface area contributed by atoms with Crippen molar-refractivity contribution in [1.29, 1.82) is 0 Å². The molecule has 0 spiro atoms. The van der Waals surface area contributed by atoms with Crippen LogP contribution in [0.25, 0.3) is 0 Å². The molecule has 10 nitrogen and oxygen atoms in total. The maximum absolute atomic E-state index is 14.6. The minimum atomic E-state index is -0.604. The Morgan fingerprint density at radius 2 is 1.86 bits per heavy atom. The molecule has 0 aromatic heterocycles. The van der Waals surface area contributed by atoms with Gasteiger partial charge >= 0.3 is 0 Å². The Kier molecular flexibility index (Phi) is 9.83. The van der Waals surface area contributed by atoms with E-state index in [-0.39, 0.29) is 50.1 Å². The molecular weight excluding hydrogens is 569 g/mol. The monoisotopic (exact) mass is 605 g/mol. The number of piperidine rings is 1. The van der Waals surface area contributed by atoms with E-state index >= 15 is 0 Å². The summed E-state index contributed by atoms with van der Waals surface area (Å²) in [6.45, 7) is 0.390. The van der Waals surface area contributed by atoms with Crippen molar-refractivity contribution in [1.82, 2.24) is 15.5 Å². The van der Waals surface area contributed by atoms with Crippen molar-refractivity contribution >= 4 is 17.7 Å². The quantitative estimate of drug-likeness (QED) is 0.470. The highest BCUT2D eigenvalue weighted by Gasteiger charge is 2.34. The summed E-state index contributed by atoms with van der Waals surface area (Å²) < 4.78 is 37.3. The number of amides is 3. The van der Waals surface area contributed by atoms with Gasteiger partial charge in [-0.15, -0.1) is 0 Å². The molecule has 5 rings (SSSR count). The molecule has 2 heterocycles. The van der Waals surface area contributed by atoms with Crippen LogP contribution < -0.4 is 29.6 Å². The summed E-state index contributed by atoms with van der Waals surface area (Å²) in [7, 11) is 3.08. The van der Waals surface area contributed by atoms with Gasteiger partial charge in [-0.05, 0) is 59.5 Å². The standard InChI is InChI=1S/C33H36FN3O7/c1-41-25-5-3-4-22(13-25)16-33(40)37-11-10-28-27(19-37)36-32(39)20-43-30-15-21(6-8-29(30)42-2)7-9-31(38)35-18-23-12-24(34)17-26(14-23)44-28/h3-6,8,12-15,17,27-28H,7,9-11,16,18-20H2,1-2H3,(H,35,38)(H,36,39)/t27-,28-/m1/s1. The first-order chi connectivity index (χ1) is 21.3. The lowest BCUT2D eigenvalue weighted by atomic mass is 10.0. The van der Waals surface area contributed by atoms with E-state index in [4.69, 9.17) is 18.9 Å². The first kappa shape index (κ1) is 30.7. The highest BCUT2D eigenvalue weighted by molar-refractivity contribution is 5.80. The van der Waals surface area contributed by atoms with Gasteiger partial charge in [-0.25, -0.2) is 4.39 Å². The van der Waals surface area contributed by atoms with Crippen LogP contribution in [0.2, 0.25) is 0 Å². The number of rotatable bonds is 4. The number of ether oxygens (including phenoxy) is 4. The number of nitrogens with one attached hydrogen (secondary N) is 2. The van der Waals surface area contributed by atoms with E-state index in [1.165, 1.54) is 19.2 Å². The van der Waals surface area contributed by atoms with Crippen LogP contribution in [0.3, 0.4) is 0 Å². The topological polar surface area (TPSA) is 115 Å². The molecule has 0 saturated carbocycles. The van der Waals surface area contributed by atoms with E-state index in [1.807, 2.05) is 30.3 Å². The summed E-state index contributed by atoms with van der Waals surface area (Å²) in [5.41, 5.74) is 2.18. The molecule has 44 heavy (non-hydrogen) atoms. The number of fused-ring (bicyclic) bond motifs is 5. The molecule has 3 amide bonds. The first-order valence-electron chi connectivity index (χ1n) is 14.5. The Morgan fingerprint density at radius 3 is 2.68 bits per heavy atom. The van der Waals surface area contributed by atoms with Gasteiger partial charge in [-0.2, -0.15) is 0 Å². The van der Waals surface area contributed by atoms with E-state index in [0.717, 1.165) is 11.1 Å². The lowest BCUT2D eigenvalue weighted by Gasteiger charge is -2.39. The Hall–Kier alpha value is -4.80. The Bertz CT molecular complexity index is 1510. The molecule has 2 N–H and O–H groups in total. The van der Waals surface area contributed by atoms with Gasteiger partial charge in [0.1, 0.15) is 23.4 Å². The van der Waals surface area contributed by atoms with E-state index in [9.17, 15) is 18.8 Å². The molecule has 232 valence electrons. The fourth-order valence-electron chi connectivity index (χ4n) is 5.40. The number of hydrogen-bond donors (Lipinski definition) is 2. The van der Waals surface area contributed by atoms with Crippen LogP contribution in [0, 0.1) is 5.82 Å². The van der Waals surface area contributed by atoms with Crippen molar-refractivity contribution in [2.24, 2.45) is 0 Å². The van der Waals surface area contributed by atoms with E-state index in [1.54, 1.807) is 30.2 Å². The third-order valence-corrected chi connectivity index (χ3v) is 7.67. The fourth-order valence-corrected chi connectivity index (χ4v) is 5.40. The number of halogens is 1. The van der Waals surface area contributed by atoms with E-state index < -0.39 is 23.9 Å². The van der Waals surface area contributed by atoms with Crippen LogP contribution in [-0.4, -0.2) is 68.7 Å². The van der Waals surface area contributed by atoms with Crippen molar-refractivity contribution in [2.45, 2.75) is 44.4 Å². The van der Waals surface area contributed by atoms with Gasteiger partial charge in [0, 0.05) is 38.5 Å². The molecule has 3 aromatic carbocycles. The lowest BCUT2D eigenvalue weighted by Crippen LogP contribution is -2.58. The minimum absolute atomic E-state index is 0.105. The first-order valence-corrected chi connectivity index (χ1v) is 14.5. The average Bonchev–Trinajstić information content (AvgIpc) is 3.02. The molecule has 1 saturated heterocycles. The predicted octanol–water partition coefficient (Wildman–Crippen LogP) is 3.19. The maximum Gasteiger partial charge on any atom is 0.258 e. The molecular formula is C33H36FN3O7. The van der Waals surface area contributed by atoms with Crippen LogP contribution in [0.4, 0.5) is 4.39 Å². The Morgan fingerprint density at radius 1 is 1.00 bits per heavy atom. The van der Waals surface area contributed by atoms with Crippen LogP contribution in [0.5, 0.6) is 23.0 Å². The largest absolute Gasteiger partial charge is 0.497 e. The summed E-state index contributed by atoms with van der Waals surface area (Å²) in [5, 5.41) is 5.80. The molecule has 1 fully saturated rings. The fraction of sp³-hybridized carbons (Fsp3) is 0.364. The number of likely N-dealkylation sites (tertiary alicyclic amines) is 1. The van der Waals surface area contributed by atoms with Crippen LogP contribution in [-0.2, 0) is 33.8 Å². The summed E-state index contributed by atoms with van der Waals surface area (Å²) in [6, 6.07) is 16.3. The third kappa shape index (κ3) is 7.97. The zero-order valence-electron chi connectivity index (χ0n) is 24.8. The number of hydrogen-bond acceptors (Lipinski definition) is 7. The zero-order chi connectivity index (χ0) is 31.1. The smallest absolute Gasteiger partial charge is 0.258 e. The number of nitrogens with zero attached hydrogens (tertiary/aromatic N) is 1. The molecule has 2 atom stereocenters. The molecule has 0 aliphatic carbocycles. The number of aryl methyl sites for hydroxylation is 1. The number of methoxy groups -OCH3 is 2. The van der Waals surface area contributed by atoms with Gasteiger partial charge in [-0.1, -0.05) is 18.2 Å². The second-order valence-electron chi connectivity index (χ2n) is 10.8. The second-order valence-corrected chi connectivity index (χ2v) is 10.8. The lowest BCUT2D eigenvalue weighted by molar-refractivity contribution is -0.135. The minimum Gasteiger partial charge on any atom is -0.497 e. The highest BCUT2D eigenvalue weighted by Crippen LogP contribution is 2.29. The SMILES string of the molecule is COc1cccc(CC(=O)N2CC[C@H]3Oc4cc(F)cc(c4)CNC(=O)CCc4ccc(OC)c(c4)OCC(=O)N[C@@H]3C2)c1. The van der Waals surface area contributed by atoms with Gasteiger partial charge in [0.15, 0.2) is 18.1 Å². The van der Waals surface area contributed by atoms with Gasteiger partial charge < -0.3 is 34.5 Å². The van der Waals surface area contributed by atoms with Crippen molar-refractivity contribution in [3.63, 3.8) is 0 Å². The summed E-state index contributed by atoms with van der Waals surface area (Å²) in [5.74, 6) is 0.535. The Labute approximate surface area is 255 Å². The summed E-state index contributed by atoms with van der Waals surface area (Å²) in [6.07, 6.45) is 0.650. The zero-order valence-corrected chi connectivity index (χ0v) is 24.8. The Balaban J connectivity index is 1.38. The molecule has 11 heteroatoms. The van der Waals surface area contributed by atoms with Crippen molar-refractivity contribution in [3.05, 3.63) is 83.2 Å². The molecule has 0 radical (unpaired) electrons. The number of carbonyl (C=O) groups excluding carboxylic acids is 3. The van der Waals surface area contributed by atoms with Gasteiger partial charge in [0.25, 0.3) is 5.91 Å². The molecule has 3 aromatic rings. The van der Waals surface area contributed by atoms with Crippen molar-refractivity contribution < 1.29 is 37.7 Å². The summed E-state index contributed by atoms with van der Waals surface area (Å²) in [4.78, 5) is 40.7. The van der Waals surface area contributed by atoms with Crippen LogP contribution in [0.15, 0.2) is 60.7 Å². The van der Waals surface area contributed by atoms with Crippen LogP contribution in [0.1, 0.15) is 29.5 Å². The van der Waals surface area contributed by atoms with Crippen molar-refractivity contribution in [2.75, 3.05) is 33.9 Å². The van der Waals surface area contributed by atoms with Gasteiger partial charge in [0.05, 0.1) is 26.7 Å². The summed E-state index contributed by atoms with van der Waals surface area (Å²) >= 11 is 0. The normalized spacial score (nSPS) is 19.1. The van der Waals surface area contributed by atoms with Crippen molar-refractivity contribution in [3.8, 4) is 23.0 Å². The van der Waals surface area contributed by atoms with E-state index in [2.05, 4.69) is 10.6 Å². The highest BCUT2D eigenvalue weighted by atomic mass is 19.1. The molecule has 0 unspecified atom stereocenters. The molecule has 2 aliphatic rings. The number of benzene rings is 3. The molecule has 4 bridgehead atoms. The average molecular weight is 606 g/mol. The maximum atomic E-state index is 14.6. The molecule has 2 aliphatic heterocycles. The van der Waals surface area contributed by atoms with E-state index in [0.29, 0.717) is 42.2 Å². The predicted molar refractivity (Wildman–Crippen MR) is 159 cm³/mol. The van der Waals surface area contributed by atoms with Crippen LogP contribution >= 0.6 is 0 Å². The third-order valence-electron chi connectivity index (χ3n) is 7.67. The number of carbonyl (C=O) groups is 3. The second kappa shape index (κ2) is 14.1. The van der Waals surface area contributed by atoms with Gasteiger partial charge in [0.2, 0.25) is 11.8 Å². The van der Waals surface area contributed by atoms with Gasteiger partial charge in [-0.3, -0.25) is 14.4 Å².